The zero-order valence-corrected chi connectivity index (χ0v) is 13.3. The van der Waals surface area contributed by atoms with Crippen LogP contribution in [0.3, 0.4) is 0 Å². The van der Waals surface area contributed by atoms with Crippen LogP contribution >= 0.6 is 0 Å². The van der Waals surface area contributed by atoms with E-state index >= 15 is 0 Å². The van der Waals surface area contributed by atoms with E-state index in [0.29, 0.717) is 25.5 Å². The van der Waals surface area contributed by atoms with Crippen LogP contribution in [0, 0.1) is 13.8 Å². The van der Waals surface area contributed by atoms with Crippen molar-refractivity contribution in [1.29, 1.82) is 0 Å². The third kappa shape index (κ3) is 3.57. The van der Waals surface area contributed by atoms with Crippen molar-refractivity contribution in [2.75, 3.05) is 26.8 Å². The van der Waals surface area contributed by atoms with Crippen molar-refractivity contribution < 1.29 is 14.3 Å². The molecule has 2 rings (SSSR count). The lowest BCUT2D eigenvalue weighted by Crippen LogP contribution is -2.51. The summed E-state index contributed by atoms with van der Waals surface area (Å²) in [4.78, 5) is 23.1. The summed E-state index contributed by atoms with van der Waals surface area (Å²) >= 11 is 0. The van der Waals surface area contributed by atoms with Gasteiger partial charge in [0.25, 0.3) is 5.91 Å². The molecule has 0 aliphatic carbocycles. The molecule has 0 radical (unpaired) electrons. The number of carbonyl (C=O) groups is 1. The fourth-order valence-corrected chi connectivity index (χ4v) is 2.36. The molecule has 6 nitrogen and oxygen atoms in total. The van der Waals surface area contributed by atoms with Crippen LogP contribution in [0.5, 0.6) is 0 Å². The number of aromatic nitrogens is 2. The quantitative estimate of drug-likeness (QED) is 0.843. The number of aryl methyl sites for hydroxylation is 2. The van der Waals surface area contributed by atoms with Gasteiger partial charge in [-0.25, -0.2) is 9.97 Å². The topological polar surface area (TPSA) is 64.5 Å². The van der Waals surface area contributed by atoms with Crippen LogP contribution in [0.15, 0.2) is 6.07 Å². The number of rotatable bonds is 3. The van der Waals surface area contributed by atoms with Crippen LogP contribution in [0.25, 0.3) is 0 Å². The van der Waals surface area contributed by atoms with Crippen molar-refractivity contribution in [3.8, 4) is 0 Å². The molecule has 21 heavy (non-hydrogen) atoms. The Kier molecular flexibility index (Phi) is 4.58. The smallest absolute Gasteiger partial charge is 0.254 e. The van der Waals surface area contributed by atoms with E-state index in [4.69, 9.17) is 9.47 Å². The molecule has 1 aromatic heterocycles. The van der Waals surface area contributed by atoms with Crippen LogP contribution in [0.2, 0.25) is 0 Å². The Morgan fingerprint density at radius 3 is 2.57 bits per heavy atom. The molecular formula is C15H23N3O3. The highest BCUT2D eigenvalue weighted by Gasteiger charge is 2.35. The molecule has 6 heteroatoms. The van der Waals surface area contributed by atoms with Crippen molar-refractivity contribution in [3.63, 3.8) is 0 Å². The molecule has 1 fully saturated rings. The lowest BCUT2D eigenvalue weighted by atomic mass is 10.1. The second-order valence-corrected chi connectivity index (χ2v) is 5.83. The normalized spacial score (nSPS) is 19.7. The number of nitrogens with zero attached hydrogens (tertiary/aromatic N) is 3. The molecule has 0 aromatic carbocycles. The minimum Gasteiger partial charge on any atom is -0.369 e. The molecule has 0 unspecified atom stereocenters. The Bertz CT molecular complexity index is 511. The second kappa shape index (κ2) is 6.07. The highest BCUT2D eigenvalue weighted by molar-refractivity contribution is 5.84. The fourth-order valence-electron chi connectivity index (χ4n) is 2.36. The van der Waals surface area contributed by atoms with E-state index < -0.39 is 5.60 Å². The fraction of sp³-hybridized carbons (Fsp3) is 0.667. The SMILES string of the molecule is COC(C)(C)C(=O)N1CCO[C@H](c2nc(C)cc(C)n2)C1. The highest BCUT2D eigenvalue weighted by atomic mass is 16.5. The first-order chi connectivity index (χ1) is 9.83. The number of methoxy groups -OCH3 is 1. The van der Waals surface area contributed by atoms with Gasteiger partial charge in [0.05, 0.1) is 13.2 Å². The van der Waals surface area contributed by atoms with E-state index in [9.17, 15) is 4.79 Å². The molecule has 0 saturated carbocycles. The van der Waals surface area contributed by atoms with Gasteiger partial charge >= 0.3 is 0 Å². The summed E-state index contributed by atoms with van der Waals surface area (Å²) in [7, 11) is 1.54. The lowest BCUT2D eigenvalue weighted by Gasteiger charge is -2.36. The number of morpholine rings is 1. The maximum Gasteiger partial charge on any atom is 0.254 e. The number of ether oxygens (including phenoxy) is 2. The number of amides is 1. The van der Waals surface area contributed by atoms with Crippen LogP contribution < -0.4 is 0 Å². The summed E-state index contributed by atoms with van der Waals surface area (Å²) in [6.07, 6.45) is -0.283. The summed E-state index contributed by atoms with van der Waals surface area (Å²) in [6, 6.07) is 1.92. The van der Waals surface area contributed by atoms with Gasteiger partial charge < -0.3 is 14.4 Å². The summed E-state index contributed by atoms with van der Waals surface area (Å²) in [6.45, 7) is 8.89. The maximum atomic E-state index is 12.5. The minimum absolute atomic E-state index is 0.0392. The predicted octanol–water partition coefficient (Wildman–Crippen LogP) is 1.42. The molecule has 1 aromatic rings. The molecule has 116 valence electrons. The van der Waals surface area contributed by atoms with E-state index in [2.05, 4.69) is 9.97 Å². The van der Waals surface area contributed by atoms with Gasteiger partial charge in [-0.05, 0) is 33.8 Å². The zero-order chi connectivity index (χ0) is 15.6. The van der Waals surface area contributed by atoms with Gasteiger partial charge in [-0.15, -0.1) is 0 Å². The van der Waals surface area contributed by atoms with Crippen LogP contribution in [0.1, 0.15) is 37.2 Å². The van der Waals surface area contributed by atoms with Crippen molar-refractivity contribution in [2.45, 2.75) is 39.4 Å². The average Bonchev–Trinajstić information content (AvgIpc) is 2.45. The predicted molar refractivity (Wildman–Crippen MR) is 77.9 cm³/mol. The van der Waals surface area contributed by atoms with Gasteiger partial charge in [0.2, 0.25) is 0 Å². The van der Waals surface area contributed by atoms with Gasteiger partial charge in [-0.2, -0.15) is 0 Å². The van der Waals surface area contributed by atoms with Crippen molar-refractivity contribution in [3.05, 3.63) is 23.3 Å². The second-order valence-electron chi connectivity index (χ2n) is 5.83. The van der Waals surface area contributed by atoms with E-state index in [0.717, 1.165) is 11.4 Å². The van der Waals surface area contributed by atoms with Gasteiger partial charge in [0.15, 0.2) is 5.82 Å². The van der Waals surface area contributed by atoms with Crippen molar-refractivity contribution >= 4 is 5.91 Å². The van der Waals surface area contributed by atoms with Crippen LogP contribution in [0.4, 0.5) is 0 Å². The first-order valence-electron chi connectivity index (χ1n) is 7.12. The molecule has 1 aliphatic rings. The summed E-state index contributed by atoms with van der Waals surface area (Å²) in [5.74, 6) is 0.600. The maximum absolute atomic E-state index is 12.5. The average molecular weight is 293 g/mol. The first-order valence-corrected chi connectivity index (χ1v) is 7.12. The Labute approximate surface area is 125 Å². The molecule has 1 atom stereocenters. The molecular weight excluding hydrogens is 270 g/mol. The Balaban J connectivity index is 2.16. The summed E-state index contributed by atoms with van der Waals surface area (Å²) in [5.41, 5.74) is 0.981. The van der Waals surface area contributed by atoms with Crippen LogP contribution in [-0.2, 0) is 14.3 Å². The molecule has 1 saturated heterocycles. The van der Waals surface area contributed by atoms with E-state index in [1.54, 1.807) is 25.9 Å². The monoisotopic (exact) mass is 293 g/mol. The molecule has 0 spiro atoms. The van der Waals surface area contributed by atoms with E-state index in [1.807, 2.05) is 19.9 Å². The number of hydrogen-bond donors (Lipinski definition) is 0. The molecule has 1 amide bonds. The molecule has 1 aliphatic heterocycles. The largest absolute Gasteiger partial charge is 0.369 e. The first kappa shape index (κ1) is 15.9. The third-order valence-corrected chi connectivity index (χ3v) is 3.67. The number of carbonyl (C=O) groups excluding carboxylic acids is 1. The molecule has 2 heterocycles. The Morgan fingerprint density at radius 1 is 1.38 bits per heavy atom. The van der Waals surface area contributed by atoms with Gasteiger partial charge in [-0.3, -0.25) is 4.79 Å². The van der Waals surface area contributed by atoms with E-state index in [-0.39, 0.29) is 12.0 Å². The Hall–Kier alpha value is -1.53. The summed E-state index contributed by atoms with van der Waals surface area (Å²) < 4.78 is 11.0. The Morgan fingerprint density at radius 2 is 2.00 bits per heavy atom. The van der Waals surface area contributed by atoms with E-state index in [1.165, 1.54) is 0 Å². The number of hydrogen-bond acceptors (Lipinski definition) is 5. The minimum atomic E-state index is -0.828. The molecule has 0 bridgehead atoms. The summed E-state index contributed by atoms with van der Waals surface area (Å²) in [5, 5.41) is 0. The van der Waals surface area contributed by atoms with Gasteiger partial charge in [0.1, 0.15) is 11.7 Å². The van der Waals surface area contributed by atoms with Gasteiger partial charge in [0, 0.05) is 25.0 Å². The molecule has 0 N–H and O–H groups in total. The van der Waals surface area contributed by atoms with Gasteiger partial charge in [-0.1, -0.05) is 0 Å². The van der Waals surface area contributed by atoms with Crippen molar-refractivity contribution in [2.24, 2.45) is 0 Å². The standard InChI is InChI=1S/C15H23N3O3/c1-10-8-11(2)17-13(16-10)12-9-18(6-7-21-12)14(19)15(3,4)20-5/h8,12H,6-7,9H2,1-5H3/t12-/m0/s1. The van der Waals surface area contributed by atoms with Crippen LogP contribution in [-0.4, -0.2) is 53.2 Å². The zero-order valence-electron chi connectivity index (χ0n) is 13.3. The lowest BCUT2D eigenvalue weighted by molar-refractivity contribution is -0.158. The highest BCUT2D eigenvalue weighted by Crippen LogP contribution is 2.22. The third-order valence-electron chi connectivity index (χ3n) is 3.67. The van der Waals surface area contributed by atoms with Crippen molar-refractivity contribution in [1.82, 2.24) is 14.9 Å².